The van der Waals surface area contributed by atoms with Gasteiger partial charge in [0.2, 0.25) is 0 Å². The van der Waals surface area contributed by atoms with E-state index in [0.717, 1.165) is 24.0 Å². The molecule has 0 aromatic heterocycles. The van der Waals surface area contributed by atoms with Crippen LogP contribution in [0.2, 0.25) is 0 Å². The van der Waals surface area contributed by atoms with Crippen molar-refractivity contribution in [2.75, 3.05) is 13.1 Å². The molecule has 0 atom stereocenters. The number of nitrogens with one attached hydrogen (secondary N) is 1. The summed E-state index contributed by atoms with van der Waals surface area (Å²) in [5, 5.41) is 22.3. The molecular weight excluding hydrogens is 304 g/mol. The fraction of sp³-hybridized carbons (Fsp3) is 0.316. The van der Waals surface area contributed by atoms with Gasteiger partial charge in [-0.15, -0.1) is 0 Å². The van der Waals surface area contributed by atoms with Gasteiger partial charge in [0.25, 0.3) is 0 Å². The Morgan fingerprint density at radius 1 is 1.08 bits per heavy atom. The van der Waals surface area contributed by atoms with Gasteiger partial charge in [-0.25, -0.2) is 4.79 Å². The van der Waals surface area contributed by atoms with Crippen LogP contribution in [-0.4, -0.2) is 34.2 Å². The third-order valence-corrected chi connectivity index (χ3v) is 4.52. The van der Waals surface area contributed by atoms with Gasteiger partial charge in [0.15, 0.2) is 0 Å². The van der Waals surface area contributed by atoms with Crippen molar-refractivity contribution in [2.24, 2.45) is 0 Å². The zero-order chi connectivity index (χ0) is 16.9. The molecule has 126 valence electrons. The van der Waals surface area contributed by atoms with E-state index in [2.05, 4.69) is 5.32 Å². The molecule has 1 fully saturated rings. The molecule has 5 nitrogen and oxygen atoms in total. The minimum atomic E-state index is -0.0489. The van der Waals surface area contributed by atoms with Crippen molar-refractivity contribution in [3.63, 3.8) is 0 Å². The molecular formula is C19H22N2O3. The van der Waals surface area contributed by atoms with E-state index in [0.29, 0.717) is 19.6 Å². The average Bonchev–Trinajstić information content (AvgIpc) is 2.61. The summed E-state index contributed by atoms with van der Waals surface area (Å²) in [6.07, 6.45) is 1.61. The first kappa shape index (κ1) is 16.2. The highest BCUT2D eigenvalue weighted by molar-refractivity contribution is 5.74. The van der Waals surface area contributed by atoms with E-state index in [4.69, 9.17) is 0 Å². The maximum absolute atomic E-state index is 12.3. The number of rotatable bonds is 3. The topological polar surface area (TPSA) is 72.8 Å². The van der Waals surface area contributed by atoms with E-state index in [1.54, 1.807) is 12.1 Å². The molecule has 3 rings (SSSR count). The van der Waals surface area contributed by atoms with Gasteiger partial charge in [-0.1, -0.05) is 36.4 Å². The second-order valence-electron chi connectivity index (χ2n) is 6.15. The summed E-state index contributed by atoms with van der Waals surface area (Å²) in [5.41, 5.74) is 1.92. The van der Waals surface area contributed by atoms with Crippen molar-refractivity contribution in [2.45, 2.75) is 25.3 Å². The van der Waals surface area contributed by atoms with Gasteiger partial charge >= 0.3 is 6.03 Å². The van der Waals surface area contributed by atoms with Crippen molar-refractivity contribution in [3.05, 3.63) is 59.7 Å². The predicted molar refractivity (Wildman–Crippen MR) is 92.0 cm³/mol. The molecule has 2 aromatic carbocycles. The molecule has 0 saturated carbocycles. The maximum Gasteiger partial charge on any atom is 0.317 e. The third kappa shape index (κ3) is 3.79. The molecule has 1 aliphatic heterocycles. The molecule has 0 bridgehead atoms. The van der Waals surface area contributed by atoms with Crippen LogP contribution in [0.3, 0.4) is 0 Å². The quantitative estimate of drug-likeness (QED) is 0.811. The minimum Gasteiger partial charge on any atom is -0.508 e. The number of benzene rings is 2. The summed E-state index contributed by atoms with van der Waals surface area (Å²) >= 11 is 0. The monoisotopic (exact) mass is 326 g/mol. The number of likely N-dealkylation sites (tertiary alicyclic amines) is 1. The number of carbonyl (C=O) groups is 1. The lowest BCUT2D eigenvalue weighted by Crippen LogP contribution is -2.43. The lowest BCUT2D eigenvalue weighted by molar-refractivity contribution is 0.180. The summed E-state index contributed by atoms with van der Waals surface area (Å²) in [7, 11) is 0. The normalized spacial score (nSPS) is 15.2. The highest BCUT2D eigenvalue weighted by atomic mass is 16.3. The second-order valence-corrected chi connectivity index (χ2v) is 6.15. The lowest BCUT2D eigenvalue weighted by Gasteiger charge is -2.32. The van der Waals surface area contributed by atoms with Gasteiger partial charge < -0.3 is 20.4 Å². The number of phenols is 2. The summed E-state index contributed by atoms with van der Waals surface area (Å²) in [6, 6.07) is 14.5. The lowest BCUT2D eigenvalue weighted by atomic mass is 9.89. The van der Waals surface area contributed by atoms with E-state index in [-0.39, 0.29) is 23.4 Å². The van der Waals surface area contributed by atoms with Crippen LogP contribution in [0.1, 0.15) is 29.9 Å². The zero-order valence-corrected chi connectivity index (χ0v) is 13.5. The Bertz CT molecular complexity index is 695. The minimum absolute atomic E-state index is 0.0489. The SMILES string of the molecule is O=C(NCc1ccccc1)N1CCC(c2ccc(O)cc2O)CC1. The van der Waals surface area contributed by atoms with Crippen molar-refractivity contribution in [1.29, 1.82) is 0 Å². The van der Waals surface area contributed by atoms with Crippen molar-refractivity contribution >= 4 is 6.03 Å². The Balaban J connectivity index is 1.52. The van der Waals surface area contributed by atoms with Crippen LogP contribution in [0.25, 0.3) is 0 Å². The molecule has 24 heavy (non-hydrogen) atoms. The van der Waals surface area contributed by atoms with Crippen LogP contribution < -0.4 is 5.32 Å². The van der Waals surface area contributed by atoms with E-state index >= 15 is 0 Å². The van der Waals surface area contributed by atoms with Crippen molar-refractivity contribution in [1.82, 2.24) is 10.2 Å². The molecule has 1 heterocycles. The Labute approximate surface area is 141 Å². The molecule has 0 radical (unpaired) electrons. The van der Waals surface area contributed by atoms with Crippen LogP contribution in [0.15, 0.2) is 48.5 Å². The van der Waals surface area contributed by atoms with E-state index < -0.39 is 0 Å². The number of hydrogen-bond acceptors (Lipinski definition) is 3. The Kier molecular flexibility index (Phi) is 4.89. The number of amides is 2. The van der Waals surface area contributed by atoms with Gasteiger partial charge in [0.05, 0.1) is 0 Å². The number of phenolic OH excluding ortho intramolecular Hbond substituents is 2. The molecule has 2 aromatic rings. The van der Waals surface area contributed by atoms with Gasteiger partial charge in [0.1, 0.15) is 11.5 Å². The number of urea groups is 1. The zero-order valence-electron chi connectivity index (χ0n) is 13.5. The fourth-order valence-corrected chi connectivity index (χ4v) is 3.16. The fourth-order valence-electron chi connectivity index (χ4n) is 3.16. The van der Waals surface area contributed by atoms with E-state index in [9.17, 15) is 15.0 Å². The summed E-state index contributed by atoms with van der Waals surface area (Å²) in [6.45, 7) is 1.84. The van der Waals surface area contributed by atoms with E-state index in [1.807, 2.05) is 35.2 Å². The summed E-state index contributed by atoms with van der Waals surface area (Å²) in [5.74, 6) is 0.403. The molecule has 2 amide bonds. The highest BCUT2D eigenvalue weighted by Crippen LogP contribution is 2.35. The number of hydrogen-bond donors (Lipinski definition) is 3. The average molecular weight is 326 g/mol. The predicted octanol–water partition coefficient (Wildman–Crippen LogP) is 3.19. The molecule has 1 aliphatic rings. The van der Waals surface area contributed by atoms with Gasteiger partial charge in [-0.2, -0.15) is 0 Å². The van der Waals surface area contributed by atoms with Crippen LogP contribution in [0.5, 0.6) is 11.5 Å². The largest absolute Gasteiger partial charge is 0.508 e. The van der Waals surface area contributed by atoms with Gasteiger partial charge in [-0.3, -0.25) is 0 Å². The van der Waals surface area contributed by atoms with Crippen LogP contribution >= 0.6 is 0 Å². The van der Waals surface area contributed by atoms with E-state index in [1.165, 1.54) is 6.07 Å². The van der Waals surface area contributed by atoms with Crippen LogP contribution in [0, 0.1) is 0 Å². The van der Waals surface area contributed by atoms with Crippen molar-refractivity contribution in [3.8, 4) is 11.5 Å². The number of nitrogens with zero attached hydrogens (tertiary/aromatic N) is 1. The smallest absolute Gasteiger partial charge is 0.317 e. The second kappa shape index (κ2) is 7.25. The number of carbonyl (C=O) groups excluding carboxylic acids is 1. The first-order chi connectivity index (χ1) is 11.6. The van der Waals surface area contributed by atoms with Gasteiger partial charge in [0, 0.05) is 25.7 Å². The third-order valence-electron chi connectivity index (χ3n) is 4.52. The van der Waals surface area contributed by atoms with Crippen molar-refractivity contribution < 1.29 is 15.0 Å². The van der Waals surface area contributed by atoms with Crippen LogP contribution in [-0.2, 0) is 6.54 Å². The summed E-state index contributed by atoms with van der Waals surface area (Å²) in [4.78, 5) is 14.1. The van der Waals surface area contributed by atoms with Gasteiger partial charge in [-0.05, 0) is 36.0 Å². The molecule has 0 aliphatic carbocycles. The first-order valence-corrected chi connectivity index (χ1v) is 8.22. The maximum atomic E-state index is 12.3. The molecule has 0 unspecified atom stereocenters. The summed E-state index contributed by atoms with van der Waals surface area (Å²) < 4.78 is 0. The molecule has 0 spiro atoms. The number of aromatic hydroxyl groups is 2. The highest BCUT2D eigenvalue weighted by Gasteiger charge is 2.25. The Hall–Kier alpha value is -2.69. The molecule has 5 heteroatoms. The van der Waals surface area contributed by atoms with Crippen LogP contribution in [0.4, 0.5) is 4.79 Å². The molecule has 3 N–H and O–H groups in total. The first-order valence-electron chi connectivity index (χ1n) is 8.22. The number of piperidine rings is 1. The Morgan fingerprint density at radius 3 is 2.46 bits per heavy atom. The standard InChI is InChI=1S/C19H22N2O3/c22-16-6-7-17(18(23)12-16)15-8-10-21(11-9-15)19(24)20-13-14-4-2-1-3-5-14/h1-7,12,15,22-23H,8-11,13H2,(H,20,24). The Morgan fingerprint density at radius 2 is 1.79 bits per heavy atom. The molecule has 1 saturated heterocycles.